The molecule has 0 bridgehead atoms. The van der Waals surface area contributed by atoms with E-state index in [-0.39, 0.29) is 5.39 Å². The van der Waals surface area contributed by atoms with E-state index in [2.05, 4.69) is 12.1 Å². The maximum Gasteiger partial charge on any atom is 0.167 e. The van der Waals surface area contributed by atoms with Gasteiger partial charge in [-0.05, 0) is 35.0 Å². The number of hydrogen-bond donors (Lipinski definition) is 0. The summed E-state index contributed by atoms with van der Waals surface area (Å²) in [5.41, 5.74) is 0. The van der Waals surface area contributed by atoms with Gasteiger partial charge in [-0.3, -0.25) is 0 Å². The van der Waals surface area contributed by atoms with Gasteiger partial charge in [0.05, 0.1) is 0 Å². The van der Waals surface area contributed by atoms with Crippen molar-refractivity contribution < 1.29 is 13.2 Å². The molecular formula is C14H5F3. The molecule has 3 aromatic carbocycles. The van der Waals surface area contributed by atoms with E-state index >= 15 is 0 Å². The lowest BCUT2D eigenvalue weighted by Gasteiger charge is -2.06. The minimum absolute atomic E-state index is 0.0718. The molecule has 0 aliphatic heterocycles. The minimum Gasteiger partial charge on any atom is -0.206 e. The Labute approximate surface area is 95.3 Å². The third-order valence-electron chi connectivity index (χ3n) is 2.75. The van der Waals surface area contributed by atoms with Crippen molar-refractivity contribution in [2.24, 2.45) is 0 Å². The molecule has 0 saturated heterocycles. The summed E-state index contributed by atoms with van der Waals surface area (Å²) in [5, 5.41) is 1.22. The first-order valence-electron chi connectivity index (χ1n) is 4.96. The van der Waals surface area contributed by atoms with Gasteiger partial charge >= 0.3 is 0 Å². The van der Waals surface area contributed by atoms with Crippen LogP contribution in [0, 0.1) is 29.6 Å². The zero-order chi connectivity index (χ0) is 12.0. The maximum atomic E-state index is 13.7. The van der Waals surface area contributed by atoms with E-state index in [1.165, 1.54) is 12.1 Å². The Hall–Kier alpha value is -2.03. The van der Waals surface area contributed by atoms with Crippen LogP contribution in [0.2, 0.25) is 0 Å². The minimum atomic E-state index is -1.10. The fourth-order valence-electron chi connectivity index (χ4n) is 1.94. The summed E-state index contributed by atoms with van der Waals surface area (Å²) >= 11 is 0. The molecule has 0 aromatic heterocycles. The second-order valence-corrected chi connectivity index (χ2v) is 3.71. The Balaban J connectivity index is 2.62. The van der Waals surface area contributed by atoms with Crippen LogP contribution in [0.1, 0.15) is 0 Å². The van der Waals surface area contributed by atoms with Crippen LogP contribution >= 0.6 is 0 Å². The molecule has 0 aliphatic carbocycles. The molecule has 0 saturated carbocycles. The number of fused-ring (bicyclic) bond motifs is 3. The van der Waals surface area contributed by atoms with Crippen LogP contribution in [0.25, 0.3) is 21.5 Å². The molecule has 2 radical (unpaired) electrons. The van der Waals surface area contributed by atoms with Crippen LogP contribution in [0.3, 0.4) is 0 Å². The molecule has 3 aromatic rings. The monoisotopic (exact) mass is 230 g/mol. The van der Waals surface area contributed by atoms with E-state index in [0.29, 0.717) is 16.2 Å². The van der Waals surface area contributed by atoms with E-state index in [9.17, 15) is 13.2 Å². The highest BCUT2D eigenvalue weighted by Gasteiger charge is 2.12. The second kappa shape index (κ2) is 3.48. The van der Waals surface area contributed by atoms with Crippen LogP contribution in [-0.2, 0) is 0 Å². The Morgan fingerprint density at radius 2 is 1.71 bits per heavy atom. The fourth-order valence-corrected chi connectivity index (χ4v) is 1.94. The zero-order valence-corrected chi connectivity index (χ0v) is 8.52. The molecule has 0 atom stereocenters. The molecule has 3 heteroatoms. The van der Waals surface area contributed by atoms with Crippen molar-refractivity contribution in [3.63, 3.8) is 0 Å². The number of benzene rings is 3. The predicted octanol–water partition coefficient (Wildman–Crippen LogP) is 4.01. The third kappa shape index (κ3) is 1.39. The van der Waals surface area contributed by atoms with Gasteiger partial charge < -0.3 is 0 Å². The summed E-state index contributed by atoms with van der Waals surface area (Å²) in [6.07, 6.45) is 0. The van der Waals surface area contributed by atoms with E-state index in [0.717, 1.165) is 6.07 Å². The lowest BCUT2D eigenvalue weighted by molar-refractivity contribution is 0.515. The molecule has 0 nitrogen and oxygen atoms in total. The molecule has 0 amide bonds. The van der Waals surface area contributed by atoms with E-state index < -0.39 is 17.5 Å². The van der Waals surface area contributed by atoms with Crippen LogP contribution < -0.4 is 0 Å². The Kier molecular flexibility index (Phi) is 2.08. The number of rotatable bonds is 0. The molecular weight excluding hydrogens is 225 g/mol. The third-order valence-corrected chi connectivity index (χ3v) is 2.75. The van der Waals surface area contributed by atoms with Crippen LogP contribution in [0.5, 0.6) is 0 Å². The lowest BCUT2D eigenvalue weighted by atomic mass is 10.0. The van der Waals surface area contributed by atoms with Crippen molar-refractivity contribution in [1.29, 1.82) is 0 Å². The summed E-state index contributed by atoms with van der Waals surface area (Å²) in [5.74, 6) is -2.76. The van der Waals surface area contributed by atoms with E-state index in [1.54, 1.807) is 12.1 Å². The Bertz CT molecular complexity index is 732. The topological polar surface area (TPSA) is 0 Å². The van der Waals surface area contributed by atoms with Crippen LogP contribution in [0.15, 0.2) is 30.3 Å². The first-order valence-corrected chi connectivity index (χ1v) is 4.96. The van der Waals surface area contributed by atoms with Gasteiger partial charge in [0.2, 0.25) is 0 Å². The summed E-state index contributed by atoms with van der Waals surface area (Å²) in [6.45, 7) is 0. The quantitative estimate of drug-likeness (QED) is 0.512. The second-order valence-electron chi connectivity index (χ2n) is 3.71. The first-order chi connectivity index (χ1) is 8.18. The summed E-state index contributed by atoms with van der Waals surface area (Å²) in [7, 11) is 0. The van der Waals surface area contributed by atoms with Crippen molar-refractivity contribution >= 4 is 21.5 Å². The van der Waals surface area contributed by atoms with Gasteiger partial charge in [0.15, 0.2) is 11.6 Å². The van der Waals surface area contributed by atoms with E-state index in [1.807, 2.05) is 0 Å². The van der Waals surface area contributed by atoms with Gasteiger partial charge in [-0.15, -0.1) is 0 Å². The molecule has 17 heavy (non-hydrogen) atoms. The summed E-state index contributed by atoms with van der Waals surface area (Å²) in [6, 6.07) is 11.9. The van der Waals surface area contributed by atoms with E-state index in [4.69, 9.17) is 0 Å². The fraction of sp³-hybridized carbons (Fsp3) is 0. The molecule has 0 unspecified atom stereocenters. The Morgan fingerprint density at radius 3 is 2.53 bits per heavy atom. The lowest BCUT2D eigenvalue weighted by Crippen LogP contribution is -1.90. The first kappa shape index (κ1) is 10.1. The normalized spacial score (nSPS) is 11.2. The summed E-state index contributed by atoms with van der Waals surface area (Å²) < 4.78 is 40.3. The molecule has 0 N–H and O–H groups in total. The average molecular weight is 230 g/mol. The van der Waals surface area contributed by atoms with Crippen molar-refractivity contribution in [1.82, 2.24) is 0 Å². The predicted molar refractivity (Wildman–Crippen MR) is 59.0 cm³/mol. The number of hydrogen-bond acceptors (Lipinski definition) is 0. The van der Waals surface area contributed by atoms with Gasteiger partial charge in [0.25, 0.3) is 0 Å². The highest BCUT2D eigenvalue weighted by Crippen LogP contribution is 2.29. The van der Waals surface area contributed by atoms with Gasteiger partial charge in [0, 0.05) is 16.8 Å². The van der Waals surface area contributed by atoms with Crippen LogP contribution in [0.4, 0.5) is 13.2 Å². The largest absolute Gasteiger partial charge is 0.206 e. The Morgan fingerprint density at radius 1 is 0.882 bits per heavy atom. The van der Waals surface area contributed by atoms with Crippen molar-refractivity contribution in [3.05, 3.63) is 59.9 Å². The van der Waals surface area contributed by atoms with Crippen LogP contribution in [-0.4, -0.2) is 0 Å². The molecule has 0 fully saturated rings. The number of halogens is 3. The molecule has 0 spiro atoms. The maximum absolute atomic E-state index is 13.7. The SMILES string of the molecule is Fc1[c]cc2c(cc(F)c3c[c]ccc32)c1F. The van der Waals surface area contributed by atoms with Gasteiger partial charge in [-0.1, -0.05) is 12.1 Å². The van der Waals surface area contributed by atoms with Gasteiger partial charge in [-0.25, -0.2) is 13.2 Å². The van der Waals surface area contributed by atoms with Gasteiger partial charge in [-0.2, -0.15) is 0 Å². The molecule has 82 valence electrons. The smallest absolute Gasteiger partial charge is 0.167 e. The standard InChI is InChI=1S/C14H5F3/c15-12-6-5-9-8-3-1-2-4-10(8)13(16)7-11(9)14(12)17/h1,3-5,7H. The average Bonchev–Trinajstić information content (AvgIpc) is 2.35. The molecule has 0 aliphatic rings. The molecule has 3 rings (SSSR count). The molecule has 0 heterocycles. The summed E-state index contributed by atoms with van der Waals surface area (Å²) in [4.78, 5) is 0. The van der Waals surface area contributed by atoms with Crippen molar-refractivity contribution in [2.45, 2.75) is 0 Å². The zero-order valence-electron chi connectivity index (χ0n) is 8.52. The van der Waals surface area contributed by atoms with Gasteiger partial charge in [0.1, 0.15) is 5.82 Å². The van der Waals surface area contributed by atoms with Crippen molar-refractivity contribution in [3.8, 4) is 0 Å². The highest BCUT2D eigenvalue weighted by molar-refractivity contribution is 6.07. The van der Waals surface area contributed by atoms with Crippen molar-refractivity contribution in [2.75, 3.05) is 0 Å². The highest BCUT2D eigenvalue weighted by atomic mass is 19.2.